The molecule has 4 rings (SSSR count). The number of aromatic hydroxyl groups is 1. The predicted molar refractivity (Wildman–Crippen MR) is 105 cm³/mol. The molecule has 1 aliphatic heterocycles. The van der Waals surface area contributed by atoms with Gasteiger partial charge in [0.25, 0.3) is 0 Å². The van der Waals surface area contributed by atoms with Crippen LogP contribution in [0, 0.1) is 15.3 Å². The van der Waals surface area contributed by atoms with E-state index in [1.54, 1.807) is 27.4 Å². The van der Waals surface area contributed by atoms with E-state index in [4.69, 9.17) is 29.5 Å². The normalized spacial score (nSPS) is 11.6. The van der Waals surface area contributed by atoms with Crippen molar-refractivity contribution in [1.29, 1.82) is 0 Å². The predicted octanol–water partition coefficient (Wildman–Crippen LogP) is 2.84. The monoisotopic (exact) mass is 400 g/mol. The van der Waals surface area contributed by atoms with Crippen molar-refractivity contribution < 1.29 is 29.0 Å². The Labute approximate surface area is 166 Å². The van der Waals surface area contributed by atoms with Gasteiger partial charge in [-0.15, -0.1) is 0 Å². The Balaban J connectivity index is 0.000000552. The molecular formula is C20H20N2O7. The first-order valence-corrected chi connectivity index (χ1v) is 8.69. The number of phenols is 1. The molecule has 1 N–H and O–H groups in total. The van der Waals surface area contributed by atoms with Gasteiger partial charge in [0.15, 0.2) is 35.7 Å². The molecule has 0 radical (unpaired) electrons. The first-order valence-electron chi connectivity index (χ1n) is 8.69. The summed E-state index contributed by atoms with van der Waals surface area (Å²) >= 11 is 0. The number of nitrogens with zero attached hydrogens (tertiary/aromatic N) is 2. The molecule has 2 heterocycles. The molecule has 0 aliphatic carbocycles. The van der Waals surface area contributed by atoms with E-state index < -0.39 is 5.09 Å². The van der Waals surface area contributed by atoms with Gasteiger partial charge < -0.3 is 34.6 Å². The van der Waals surface area contributed by atoms with Gasteiger partial charge in [0.2, 0.25) is 5.69 Å². The van der Waals surface area contributed by atoms with E-state index in [9.17, 15) is 5.11 Å². The van der Waals surface area contributed by atoms with Crippen LogP contribution in [0.4, 0.5) is 0 Å². The molecule has 0 fully saturated rings. The molecule has 3 aromatic rings. The zero-order valence-corrected chi connectivity index (χ0v) is 16.2. The summed E-state index contributed by atoms with van der Waals surface area (Å²) in [6.45, 7) is 0.854. The molecular weight excluding hydrogens is 380 g/mol. The summed E-state index contributed by atoms with van der Waals surface area (Å²) in [5.74, 6) is 2.12. The maximum absolute atomic E-state index is 10.2. The largest absolute Gasteiger partial charge is 0.504 e. The van der Waals surface area contributed by atoms with Crippen molar-refractivity contribution in [2.45, 2.75) is 13.0 Å². The van der Waals surface area contributed by atoms with Crippen molar-refractivity contribution in [3.63, 3.8) is 0 Å². The number of pyridine rings is 1. The van der Waals surface area contributed by atoms with Crippen LogP contribution in [0.3, 0.4) is 0 Å². The highest BCUT2D eigenvalue weighted by Crippen LogP contribution is 2.39. The summed E-state index contributed by atoms with van der Waals surface area (Å²) in [5, 5.41) is 27.0. The van der Waals surface area contributed by atoms with Gasteiger partial charge in [-0.1, -0.05) is 0 Å². The van der Waals surface area contributed by atoms with Crippen molar-refractivity contribution in [1.82, 2.24) is 0 Å². The van der Waals surface area contributed by atoms with Crippen LogP contribution >= 0.6 is 0 Å². The highest BCUT2D eigenvalue weighted by atomic mass is 16.9. The molecule has 0 amide bonds. The van der Waals surface area contributed by atoms with Crippen molar-refractivity contribution in [3.05, 3.63) is 57.4 Å². The summed E-state index contributed by atoms with van der Waals surface area (Å²) in [5.41, 5.74) is 3.27. The highest BCUT2D eigenvalue weighted by molar-refractivity contribution is 5.91. The Morgan fingerprint density at radius 3 is 2.34 bits per heavy atom. The quantitative estimate of drug-likeness (QED) is 0.408. The van der Waals surface area contributed by atoms with Crippen molar-refractivity contribution in [3.8, 4) is 34.3 Å². The second-order valence-corrected chi connectivity index (χ2v) is 6.31. The summed E-state index contributed by atoms with van der Waals surface area (Å²) in [6, 6.07) is 9.77. The van der Waals surface area contributed by atoms with Crippen molar-refractivity contribution in [2.24, 2.45) is 0 Å². The summed E-state index contributed by atoms with van der Waals surface area (Å²) in [7, 11) is 4.86. The van der Waals surface area contributed by atoms with Crippen LogP contribution in [0.25, 0.3) is 22.0 Å². The van der Waals surface area contributed by atoms with E-state index in [1.807, 2.05) is 18.2 Å². The van der Waals surface area contributed by atoms with Gasteiger partial charge in [-0.2, -0.15) is 4.57 Å². The van der Waals surface area contributed by atoms with Gasteiger partial charge in [0, 0.05) is 12.5 Å². The molecule has 9 nitrogen and oxygen atoms in total. The van der Waals surface area contributed by atoms with Crippen LogP contribution in [0.1, 0.15) is 5.56 Å². The molecule has 0 spiro atoms. The maximum Gasteiger partial charge on any atom is 0.213 e. The number of ether oxygens (including phenoxy) is 3. The Bertz CT molecular complexity index is 1080. The van der Waals surface area contributed by atoms with Gasteiger partial charge >= 0.3 is 0 Å². The lowest BCUT2D eigenvalue weighted by atomic mass is 9.95. The molecule has 0 atom stereocenters. The summed E-state index contributed by atoms with van der Waals surface area (Å²) in [4.78, 5) is 8.25. The second kappa shape index (κ2) is 8.09. The lowest BCUT2D eigenvalue weighted by molar-refractivity contribution is -0.686. The van der Waals surface area contributed by atoms with Gasteiger partial charge in [-0.3, -0.25) is 0 Å². The highest BCUT2D eigenvalue weighted by Gasteiger charge is 2.26. The number of aromatic nitrogens is 1. The van der Waals surface area contributed by atoms with Crippen LogP contribution in [0.2, 0.25) is 0 Å². The summed E-state index contributed by atoms with van der Waals surface area (Å²) < 4.78 is 18.4. The number of hydrogen-bond donors (Lipinski definition) is 1. The van der Waals surface area contributed by atoms with Crippen LogP contribution in [0.5, 0.6) is 23.0 Å². The van der Waals surface area contributed by atoms with E-state index in [2.05, 4.69) is 16.8 Å². The molecule has 1 aliphatic rings. The molecule has 0 unspecified atom stereocenters. The molecule has 152 valence electrons. The number of rotatable bonds is 3. The number of fused-ring (bicyclic) bond motifs is 4. The third-order valence-corrected chi connectivity index (χ3v) is 4.81. The Hall–Kier alpha value is -3.75. The third kappa shape index (κ3) is 3.79. The molecule has 0 saturated heterocycles. The van der Waals surface area contributed by atoms with E-state index in [-0.39, 0.29) is 5.75 Å². The molecule has 0 saturated carbocycles. The lowest BCUT2D eigenvalue weighted by Gasteiger charge is -2.18. The number of aryl methyl sites for hydroxylation is 2. The second-order valence-electron chi connectivity index (χ2n) is 6.31. The fourth-order valence-corrected chi connectivity index (χ4v) is 3.56. The van der Waals surface area contributed by atoms with E-state index in [0.717, 1.165) is 40.7 Å². The molecule has 2 aromatic carbocycles. The van der Waals surface area contributed by atoms with E-state index >= 15 is 0 Å². The zero-order valence-electron chi connectivity index (χ0n) is 16.2. The van der Waals surface area contributed by atoms with E-state index in [1.165, 1.54) is 5.56 Å². The van der Waals surface area contributed by atoms with Crippen molar-refractivity contribution in [2.75, 3.05) is 21.3 Å². The average Bonchev–Trinajstić information content (AvgIpc) is 2.70. The standard InChI is InChI=1S/C20H19NO4.NO3/c1-23-18-5-4-12-8-16-14-10-17(22)19(24-2)9-13(14)6-7-21(16)11-15(12)20(18)25-3;2-1(3)4/h4-5,8-11H,6-7H2,1-3H3;/q;-1/p+1. The smallest absolute Gasteiger partial charge is 0.213 e. The molecule has 9 heteroatoms. The third-order valence-electron chi connectivity index (χ3n) is 4.81. The molecule has 1 aromatic heterocycles. The first-order chi connectivity index (χ1) is 13.9. The Morgan fingerprint density at radius 2 is 1.72 bits per heavy atom. The van der Waals surface area contributed by atoms with Crippen molar-refractivity contribution >= 4 is 10.8 Å². The van der Waals surface area contributed by atoms with Crippen LogP contribution in [-0.2, 0) is 13.0 Å². The summed E-state index contributed by atoms with van der Waals surface area (Å²) in [6.07, 6.45) is 2.97. The maximum atomic E-state index is 10.2. The van der Waals surface area contributed by atoms with Crippen LogP contribution < -0.4 is 18.8 Å². The number of methoxy groups -OCH3 is 3. The number of phenolic OH excluding ortho intramolecular Hbond substituents is 1. The van der Waals surface area contributed by atoms with Gasteiger partial charge in [0.1, 0.15) is 0 Å². The molecule has 29 heavy (non-hydrogen) atoms. The van der Waals surface area contributed by atoms with Crippen LogP contribution in [0.15, 0.2) is 36.5 Å². The average molecular weight is 400 g/mol. The fraction of sp³-hybridized carbons (Fsp3) is 0.250. The Kier molecular flexibility index (Phi) is 5.58. The number of benzene rings is 2. The minimum absolute atomic E-state index is 0.155. The number of hydrogen-bond acceptors (Lipinski definition) is 7. The van der Waals surface area contributed by atoms with Gasteiger partial charge in [-0.25, -0.2) is 0 Å². The van der Waals surface area contributed by atoms with Gasteiger partial charge in [0.05, 0.1) is 37.4 Å². The first kappa shape index (κ1) is 20.0. The topological polar surface area (TPSA) is 118 Å². The minimum Gasteiger partial charge on any atom is -0.504 e. The lowest BCUT2D eigenvalue weighted by Crippen LogP contribution is -2.40. The van der Waals surface area contributed by atoms with Crippen LogP contribution in [-0.4, -0.2) is 31.5 Å². The van der Waals surface area contributed by atoms with Gasteiger partial charge in [-0.05, 0) is 35.2 Å². The van der Waals surface area contributed by atoms with E-state index in [0.29, 0.717) is 11.5 Å². The SMILES string of the molecule is COc1cc2c(cc1O)-c1cc3ccc(OC)c(OC)c3c[n+]1CC2.O=[N+]([O-])[O-]. The Morgan fingerprint density at radius 1 is 1.03 bits per heavy atom. The fourth-order valence-electron chi connectivity index (χ4n) is 3.56. The zero-order chi connectivity index (χ0) is 21.1. The molecule has 0 bridgehead atoms. The minimum atomic E-state index is -1.75.